The summed E-state index contributed by atoms with van der Waals surface area (Å²) in [5, 5.41) is 9.08. The standard InChI is InChI=1S/C24H22N2OS3/c1-24(16-27-17-24)15-26(18-6-3-2-4-7-18)25-14-19-9-10-22(29-19)23-12-11-21(30-23)20-8-5-13-28-20/h2-14H,15-17H2,1H3/b25-14+. The van der Waals surface area contributed by atoms with Crippen LogP contribution >= 0.6 is 34.0 Å². The lowest BCUT2D eigenvalue weighted by atomic mass is 9.88. The molecule has 152 valence electrons. The van der Waals surface area contributed by atoms with E-state index in [9.17, 15) is 0 Å². The van der Waals surface area contributed by atoms with E-state index < -0.39 is 0 Å². The van der Waals surface area contributed by atoms with Gasteiger partial charge < -0.3 is 4.74 Å². The minimum absolute atomic E-state index is 0.156. The molecule has 0 N–H and O–H groups in total. The molecule has 4 aromatic rings. The van der Waals surface area contributed by atoms with Gasteiger partial charge in [-0.1, -0.05) is 31.2 Å². The van der Waals surface area contributed by atoms with Gasteiger partial charge in [-0.25, -0.2) is 0 Å². The van der Waals surface area contributed by atoms with Crippen molar-refractivity contribution in [1.82, 2.24) is 0 Å². The van der Waals surface area contributed by atoms with Crippen molar-refractivity contribution in [2.24, 2.45) is 10.5 Å². The fourth-order valence-corrected chi connectivity index (χ4v) is 6.21. The van der Waals surface area contributed by atoms with E-state index in [2.05, 4.69) is 78.0 Å². The second kappa shape index (κ2) is 8.47. The zero-order chi connectivity index (χ0) is 20.4. The van der Waals surface area contributed by atoms with E-state index in [-0.39, 0.29) is 5.41 Å². The summed E-state index contributed by atoms with van der Waals surface area (Å²) in [4.78, 5) is 6.41. The number of nitrogens with zero attached hydrogens (tertiary/aromatic N) is 2. The molecule has 0 unspecified atom stereocenters. The lowest BCUT2D eigenvalue weighted by Crippen LogP contribution is -2.47. The van der Waals surface area contributed by atoms with Gasteiger partial charge in [-0.3, -0.25) is 5.01 Å². The Hall–Kier alpha value is -2.25. The third-order valence-electron chi connectivity index (χ3n) is 5.05. The fraction of sp³-hybridized carbons (Fsp3) is 0.208. The van der Waals surface area contributed by atoms with E-state index >= 15 is 0 Å². The first-order valence-corrected chi connectivity index (χ1v) is 12.4. The predicted molar refractivity (Wildman–Crippen MR) is 131 cm³/mol. The molecule has 0 radical (unpaired) electrons. The highest BCUT2D eigenvalue weighted by Crippen LogP contribution is 2.39. The van der Waals surface area contributed by atoms with Crippen LogP contribution in [0.1, 0.15) is 11.8 Å². The molecule has 1 aliphatic heterocycles. The lowest BCUT2D eigenvalue weighted by Gasteiger charge is -2.40. The van der Waals surface area contributed by atoms with Gasteiger partial charge in [0.1, 0.15) is 0 Å². The van der Waals surface area contributed by atoms with E-state index in [1.54, 1.807) is 22.7 Å². The van der Waals surface area contributed by atoms with Crippen molar-refractivity contribution in [3.63, 3.8) is 0 Å². The summed E-state index contributed by atoms with van der Waals surface area (Å²) in [7, 11) is 0. The van der Waals surface area contributed by atoms with Crippen LogP contribution in [0.5, 0.6) is 0 Å². The molecule has 0 atom stereocenters. The molecule has 0 amide bonds. The van der Waals surface area contributed by atoms with Crippen molar-refractivity contribution in [3.05, 3.63) is 77.0 Å². The highest BCUT2D eigenvalue weighted by atomic mass is 32.1. The summed E-state index contributed by atoms with van der Waals surface area (Å²) in [5.74, 6) is 0. The van der Waals surface area contributed by atoms with E-state index in [0.717, 1.165) is 30.3 Å². The van der Waals surface area contributed by atoms with Gasteiger partial charge in [0.05, 0.1) is 31.7 Å². The number of rotatable bonds is 7. The van der Waals surface area contributed by atoms with Crippen LogP contribution in [0.25, 0.3) is 19.5 Å². The van der Waals surface area contributed by atoms with Crippen LogP contribution in [0.2, 0.25) is 0 Å². The number of ether oxygens (including phenoxy) is 1. The van der Waals surface area contributed by atoms with Crippen molar-refractivity contribution in [2.75, 3.05) is 24.8 Å². The first-order valence-electron chi connectivity index (χ1n) is 9.87. The molecule has 3 aromatic heterocycles. The number of hydrogen-bond acceptors (Lipinski definition) is 6. The summed E-state index contributed by atoms with van der Waals surface area (Å²) in [5.41, 5.74) is 1.26. The quantitative estimate of drug-likeness (QED) is 0.222. The average molecular weight is 451 g/mol. The molecule has 1 aliphatic rings. The molecule has 0 aliphatic carbocycles. The van der Waals surface area contributed by atoms with Crippen LogP contribution in [0.15, 0.2) is 77.2 Å². The number of hydrazone groups is 1. The Morgan fingerprint density at radius 2 is 1.63 bits per heavy atom. The second-order valence-electron chi connectivity index (χ2n) is 7.78. The number of benzene rings is 1. The Morgan fingerprint density at radius 3 is 2.33 bits per heavy atom. The van der Waals surface area contributed by atoms with Gasteiger partial charge in [0.2, 0.25) is 0 Å². The van der Waals surface area contributed by atoms with Gasteiger partial charge in [-0.2, -0.15) is 5.10 Å². The Morgan fingerprint density at radius 1 is 0.900 bits per heavy atom. The van der Waals surface area contributed by atoms with Crippen LogP contribution in [0.3, 0.4) is 0 Å². The minimum Gasteiger partial charge on any atom is -0.380 e. The first-order chi connectivity index (χ1) is 14.7. The molecule has 1 aromatic carbocycles. The molecule has 1 saturated heterocycles. The maximum absolute atomic E-state index is 5.44. The number of thiophene rings is 3. The average Bonchev–Trinajstić information content (AvgIpc) is 3.51. The second-order valence-corrected chi connectivity index (χ2v) is 10.9. The van der Waals surface area contributed by atoms with Crippen LogP contribution < -0.4 is 5.01 Å². The first kappa shape index (κ1) is 19.7. The smallest absolute Gasteiger partial charge is 0.0647 e. The summed E-state index contributed by atoms with van der Waals surface area (Å²) in [6.45, 7) is 4.69. The van der Waals surface area contributed by atoms with Gasteiger partial charge in [0.15, 0.2) is 0 Å². The fourth-order valence-electron chi connectivity index (χ4n) is 3.40. The Labute approximate surface area is 188 Å². The van der Waals surface area contributed by atoms with E-state index in [0.29, 0.717) is 0 Å². The Balaban J connectivity index is 1.35. The van der Waals surface area contributed by atoms with E-state index in [1.165, 1.54) is 19.5 Å². The van der Waals surface area contributed by atoms with E-state index in [4.69, 9.17) is 9.84 Å². The minimum atomic E-state index is 0.156. The van der Waals surface area contributed by atoms with Gasteiger partial charge >= 0.3 is 0 Å². The highest BCUT2D eigenvalue weighted by Gasteiger charge is 2.35. The van der Waals surface area contributed by atoms with Crippen molar-refractivity contribution in [3.8, 4) is 19.5 Å². The van der Waals surface area contributed by atoms with Crippen LogP contribution in [0, 0.1) is 5.41 Å². The Kier molecular flexibility index (Phi) is 5.56. The molecule has 4 heterocycles. The van der Waals surface area contributed by atoms with Crippen molar-refractivity contribution in [2.45, 2.75) is 6.92 Å². The number of anilines is 1. The SMILES string of the molecule is CC1(CN(/N=C/c2ccc(-c3ccc(-c4cccs4)s3)s2)c2ccccc2)COC1. The van der Waals surface area contributed by atoms with Gasteiger partial charge in [0, 0.05) is 29.8 Å². The summed E-state index contributed by atoms with van der Waals surface area (Å²) in [6.07, 6.45) is 1.98. The molecule has 5 rings (SSSR count). The van der Waals surface area contributed by atoms with E-state index in [1.807, 2.05) is 23.6 Å². The molecule has 6 heteroatoms. The summed E-state index contributed by atoms with van der Waals surface area (Å²) < 4.78 is 5.44. The zero-order valence-electron chi connectivity index (χ0n) is 16.7. The molecular weight excluding hydrogens is 428 g/mol. The van der Waals surface area contributed by atoms with Crippen molar-refractivity contribution < 1.29 is 4.74 Å². The monoisotopic (exact) mass is 450 g/mol. The summed E-state index contributed by atoms with van der Waals surface area (Å²) >= 11 is 5.42. The third kappa shape index (κ3) is 4.27. The molecule has 0 saturated carbocycles. The largest absolute Gasteiger partial charge is 0.380 e. The van der Waals surface area contributed by atoms with Crippen molar-refractivity contribution >= 4 is 45.9 Å². The Bertz CT molecular complexity index is 1120. The molecule has 3 nitrogen and oxygen atoms in total. The highest BCUT2D eigenvalue weighted by molar-refractivity contribution is 7.26. The lowest BCUT2D eigenvalue weighted by molar-refractivity contribution is -0.0955. The predicted octanol–water partition coefficient (Wildman–Crippen LogP) is 7.08. The van der Waals surface area contributed by atoms with Gasteiger partial charge in [-0.05, 0) is 47.8 Å². The molecule has 0 bridgehead atoms. The third-order valence-corrected chi connectivity index (χ3v) is 8.42. The maximum Gasteiger partial charge on any atom is 0.0647 e. The zero-order valence-corrected chi connectivity index (χ0v) is 19.1. The molecule has 0 spiro atoms. The number of hydrogen-bond donors (Lipinski definition) is 0. The van der Waals surface area contributed by atoms with Crippen LogP contribution in [-0.4, -0.2) is 26.0 Å². The normalized spacial score (nSPS) is 15.4. The maximum atomic E-state index is 5.44. The molecular formula is C24H22N2OS3. The van der Waals surface area contributed by atoms with Gasteiger partial charge in [-0.15, -0.1) is 34.0 Å². The topological polar surface area (TPSA) is 24.8 Å². The summed E-state index contributed by atoms with van der Waals surface area (Å²) in [6, 6.07) is 23.5. The van der Waals surface area contributed by atoms with Crippen LogP contribution in [-0.2, 0) is 4.74 Å². The van der Waals surface area contributed by atoms with Gasteiger partial charge in [0.25, 0.3) is 0 Å². The number of para-hydroxylation sites is 1. The van der Waals surface area contributed by atoms with Crippen molar-refractivity contribution in [1.29, 1.82) is 0 Å². The molecule has 30 heavy (non-hydrogen) atoms. The molecule has 1 fully saturated rings. The van der Waals surface area contributed by atoms with Crippen LogP contribution in [0.4, 0.5) is 5.69 Å².